The SMILES string of the molecule is C[C@@H](NC(=O)c1ccncc1)C(=O)NCc1cccnc1. The van der Waals surface area contributed by atoms with E-state index in [1.54, 1.807) is 37.5 Å². The lowest BCUT2D eigenvalue weighted by Crippen LogP contribution is -2.44. The van der Waals surface area contributed by atoms with Crippen molar-refractivity contribution in [1.29, 1.82) is 0 Å². The fraction of sp³-hybridized carbons (Fsp3) is 0.200. The summed E-state index contributed by atoms with van der Waals surface area (Å²) in [5.41, 5.74) is 1.37. The average molecular weight is 284 g/mol. The summed E-state index contributed by atoms with van der Waals surface area (Å²) in [5, 5.41) is 5.39. The molecule has 2 aromatic rings. The predicted molar refractivity (Wildman–Crippen MR) is 77.2 cm³/mol. The second kappa shape index (κ2) is 7.14. The van der Waals surface area contributed by atoms with Gasteiger partial charge in [-0.3, -0.25) is 19.6 Å². The Bertz CT molecular complexity index is 602. The Kier molecular flexibility index (Phi) is 4.98. The number of carbonyl (C=O) groups is 2. The van der Waals surface area contributed by atoms with E-state index in [0.717, 1.165) is 5.56 Å². The van der Waals surface area contributed by atoms with Gasteiger partial charge in [0.2, 0.25) is 5.91 Å². The van der Waals surface area contributed by atoms with Crippen molar-refractivity contribution in [2.45, 2.75) is 19.5 Å². The molecule has 6 heteroatoms. The van der Waals surface area contributed by atoms with Crippen LogP contribution < -0.4 is 10.6 Å². The lowest BCUT2D eigenvalue weighted by molar-refractivity contribution is -0.122. The van der Waals surface area contributed by atoms with Gasteiger partial charge in [0.25, 0.3) is 5.91 Å². The van der Waals surface area contributed by atoms with E-state index in [0.29, 0.717) is 12.1 Å². The molecular formula is C15H16N4O2. The molecule has 0 saturated heterocycles. The molecule has 2 amide bonds. The van der Waals surface area contributed by atoms with Gasteiger partial charge in [-0.15, -0.1) is 0 Å². The fourth-order valence-electron chi connectivity index (χ4n) is 1.69. The zero-order valence-electron chi connectivity index (χ0n) is 11.6. The lowest BCUT2D eigenvalue weighted by Gasteiger charge is -2.14. The molecule has 0 spiro atoms. The molecule has 0 saturated carbocycles. The van der Waals surface area contributed by atoms with Crippen LogP contribution in [-0.2, 0) is 11.3 Å². The molecule has 2 aromatic heterocycles. The minimum atomic E-state index is -0.623. The molecule has 6 nitrogen and oxygen atoms in total. The molecule has 1 atom stereocenters. The monoisotopic (exact) mass is 284 g/mol. The van der Waals surface area contributed by atoms with Gasteiger partial charge in [-0.25, -0.2) is 0 Å². The summed E-state index contributed by atoms with van der Waals surface area (Å²) in [7, 11) is 0. The van der Waals surface area contributed by atoms with E-state index < -0.39 is 6.04 Å². The van der Waals surface area contributed by atoms with Gasteiger partial charge in [0.1, 0.15) is 6.04 Å². The first kappa shape index (κ1) is 14.6. The van der Waals surface area contributed by atoms with E-state index in [1.165, 1.54) is 12.4 Å². The molecule has 0 fully saturated rings. The molecule has 0 radical (unpaired) electrons. The van der Waals surface area contributed by atoms with Crippen molar-refractivity contribution >= 4 is 11.8 Å². The summed E-state index contributed by atoms with van der Waals surface area (Å²) in [4.78, 5) is 31.6. The molecule has 108 valence electrons. The van der Waals surface area contributed by atoms with Crippen molar-refractivity contribution in [3.05, 3.63) is 60.2 Å². The number of nitrogens with zero attached hydrogens (tertiary/aromatic N) is 2. The first-order chi connectivity index (χ1) is 10.2. The molecule has 2 heterocycles. The third-order valence-corrected chi connectivity index (χ3v) is 2.87. The smallest absolute Gasteiger partial charge is 0.252 e. The van der Waals surface area contributed by atoms with Gasteiger partial charge in [-0.2, -0.15) is 0 Å². The first-order valence-corrected chi connectivity index (χ1v) is 6.54. The fourth-order valence-corrected chi connectivity index (χ4v) is 1.69. The normalized spacial score (nSPS) is 11.5. The Labute approximate surface area is 122 Å². The van der Waals surface area contributed by atoms with E-state index >= 15 is 0 Å². The Hall–Kier alpha value is -2.76. The van der Waals surface area contributed by atoms with E-state index in [2.05, 4.69) is 20.6 Å². The van der Waals surface area contributed by atoms with Crippen molar-refractivity contribution in [1.82, 2.24) is 20.6 Å². The zero-order valence-corrected chi connectivity index (χ0v) is 11.6. The van der Waals surface area contributed by atoms with Crippen LogP contribution in [0.3, 0.4) is 0 Å². The third kappa shape index (κ3) is 4.38. The highest BCUT2D eigenvalue weighted by molar-refractivity contribution is 5.97. The first-order valence-electron chi connectivity index (χ1n) is 6.54. The minimum Gasteiger partial charge on any atom is -0.350 e. The molecular weight excluding hydrogens is 268 g/mol. The van der Waals surface area contributed by atoms with Gasteiger partial charge in [0, 0.05) is 36.9 Å². The summed E-state index contributed by atoms with van der Waals surface area (Å²) >= 11 is 0. The molecule has 0 bridgehead atoms. The highest BCUT2D eigenvalue weighted by Crippen LogP contribution is 1.98. The molecule has 0 aliphatic heterocycles. The Balaban J connectivity index is 1.84. The summed E-state index contributed by atoms with van der Waals surface area (Å²) in [6, 6.07) is 6.23. The summed E-state index contributed by atoms with van der Waals surface area (Å²) < 4.78 is 0. The Morgan fingerprint density at radius 2 is 1.90 bits per heavy atom. The quantitative estimate of drug-likeness (QED) is 0.855. The van der Waals surface area contributed by atoms with Crippen LogP contribution in [-0.4, -0.2) is 27.8 Å². The van der Waals surface area contributed by atoms with Crippen LogP contribution in [0.5, 0.6) is 0 Å². The van der Waals surface area contributed by atoms with Gasteiger partial charge >= 0.3 is 0 Å². The lowest BCUT2D eigenvalue weighted by atomic mass is 10.2. The largest absolute Gasteiger partial charge is 0.350 e. The minimum absolute atomic E-state index is 0.249. The summed E-state index contributed by atoms with van der Waals surface area (Å²) in [6.07, 6.45) is 6.41. The molecule has 2 rings (SSSR count). The number of nitrogens with one attached hydrogen (secondary N) is 2. The van der Waals surface area contributed by atoms with Gasteiger partial charge in [-0.1, -0.05) is 6.07 Å². The van der Waals surface area contributed by atoms with Crippen LogP contribution in [0, 0.1) is 0 Å². The van der Waals surface area contributed by atoms with Gasteiger partial charge in [0.15, 0.2) is 0 Å². The maximum atomic E-state index is 11.9. The highest BCUT2D eigenvalue weighted by atomic mass is 16.2. The number of aromatic nitrogens is 2. The average Bonchev–Trinajstić information content (AvgIpc) is 2.54. The van der Waals surface area contributed by atoms with Crippen LogP contribution in [0.25, 0.3) is 0 Å². The summed E-state index contributed by atoms with van der Waals surface area (Å²) in [6.45, 7) is 2.01. The summed E-state index contributed by atoms with van der Waals surface area (Å²) in [5.74, 6) is -0.553. The molecule has 21 heavy (non-hydrogen) atoms. The van der Waals surface area contributed by atoms with Crippen LogP contribution in [0.1, 0.15) is 22.8 Å². The van der Waals surface area contributed by atoms with E-state index in [4.69, 9.17) is 0 Å². The maximum absolute atomic E-state index is 11.9. The van der Waals surface area contributed by atoms with Gasteiger partial charge in [0.05, 0.1) is 0 Å². The number of hydrogen-bond donors (Lipinski definition) is 2. The van der Waals surface area contributed by atoms with Crippen LogP contribution in [0.15, 0.2) is 49.1 Å². The van der Waals surface area contributed by atoms with Crippen LogP contribution in [0.2, 0.25) is 0 Å². The standard InChI is InChI=1S/C15H16N4O2/c1-11(19-15(21)13-4-7-16-8-5-13)14(20)18-10-12-3-2-6-17-9-12/h2-9,11H,10H2,1H3,(H,18,20)(H,19,21)/t11-/m1/s1. The number of amides is 2. The molecule has 2 N–H and O–H groups in total. The highest BCUT2D eigenvalue weighted by Gasteiger charge is 2.16. The molecule has 0 aliphatic rings. The van der Waals surface area contributed by atoms with Gasteiger partial charge in [-0.05, 0) is 30.7 Å². The van der Waals surface area contributed by atoms with E-state index in [-0.39, 0.29) is 11.8 Å². The number of pyridine rings is 2. The van der Waals surface area contributed by atoms with Crippen molar-refractivity contribution in [3.63, 3.8) is 0 Å². The zero-order chi connectivity index (χ0) is 15.1. The number of hydrogen-bond acceptors (Lipinski definition) is 4. The second-order valence-electron chi connectivity index (χ2n) is 4.51. The Morgan fingerprint density at radius 1 is 1.14 bits per heavy atom. The molecule has 0 unspecified atom stereocenters. The van der Waals surface area contributed by atoms with E-state index in [9.17, 15) is 9.59 Å². The van der Waals surface area contributed by atoms with Crippen molar-refractivity contribution in [2.75, 3.05) is 0 Å². The molecule has 0 aliphatic carbocycles. The number of rotatable bonds is 5. The van der Waals surface area contributed by atoms with Crippen molar-refractivity contribution in [2.24, 2.45) is 0 Å². The molecule has 0 aromatic carbocycles. The maximum Gasteiger partial charge on any atom is 0.252 e. The van der Waals surface area contributed by atoms with Gasteiger partial charge < -0.3 is 10.6 Å². The predicted octanol–water partition coefficient (Wildman–Crippen LogP) is 0.911. The van der Waals surface area contributed by atoms with Crippen LogP contribution >= 0.6 is 0 Å². The topological polar surface area (TPSA) is 84.0 Å². The third-order valence-electron chi connectivity index (χ3n) is 2.87. The van der Waals surface area contributed by atoms with Crippen molar-refractivity contribution < 1.29 is 9.59 Å². The van der Waals surface area contributed by atoms with E-state index in [1.807, 2.05) is 6.07 Å². The van der Waals surface area contributed by atoms with Crippen molar-refractivity contribution in [3.8, 4) is 0 Å². The second-order valence-corrected chi connectivity index (χ2v) is 4.51. The number of carbonyl (C=O) groups excluding carboxylic acids is 2. The van der Waals surface area contributed by atoms with Crippen LogP contribution in [0.4, 0.5) is 0 Å². The Morgan fingerprint density at radius 3 is 2.57 bits per heavy atom.